The van der Waals surface area contributed by atoms with Gasteiger partial charge >= 0.3 is 0 Å². The monoisotopic (exact) mass is 243 g/mol. The van der Waals surface area contributed by atoms with Gasteiger partial charge in [-0.25, -0.2) is 4.98 Å². The minimum atomic E-state index is 0.280. The number of aromatic nitrogens is 2. The fourth-order valence-corrected chi connectivity index (χ4v) is 2.41. The first-order valence-electron chi connectivity index (χ1n) is 6.38. The van der Waals surface area contributed by atoms with Crippen LogP contribution in [0.5, 0.6) is 5.75 Å². The lowest BCUT2D eigenvalue weighted by Gasteiger charge is -2.27. The molecule has 0 saturated heterocycles. The summed E-state index contributed by atoms with van der Waals surface area (Å²) in [5.41, 5.74) is 1.22. The summed E-state index contributed by atoms with van der Waals surface area (Å²) in [6.07, 6.45) is 4.89. The SMILES string of the molecule is CCOc1ccccc1C1CCn2ccnc2N1. The fraction of sp³-hybridized carbons (Fsp3) is 0.357. The largest absolute Gasteiger partial charge is 0.494 e. The molecule has 1 unspecified atom stereocenters. The van der Waals surface area contributed by atoms with Gasteiger partial charge in [-0.05, 0) is 19.4 Å². The molecule has 3 rings (SSSR count). The van der Waals surface area contributed by atoms with E-state index < -0.39 is 0 Å². The minimum Gasteiger partial charge on any atom is -0.494 e. The third-order valence-electron chi connectivity index (χ3n) is 3.27. The Balaban J connectivity index is 1.88. The Labute approximate surface area is 107 Å². The molecule has 4 nitrogen and oxygen atoms in total. The highest BCUT2D eigenvalue weighted by atomic mass is 16.5. The maximum atomic E-state index is 5.69. The third kappa shape index (κ3) is 1.94. The number of hydrogen-bond acceptors (Lipinski definition) is 3. The summed E-state index contributed by atoms with van der Waals surface area (Å²) in [5, 5.41) is 3.46. The van der Waals surface area contributed by atoms with E-state index in [1.165, 1.54) is 5.56 Å². The van der Waals surface area contributed by atoms with Gasteiger partial charge in [0.05, 0.1) is 12.6 Å². The number of nitrogens with one attached hydrogen (secondary N) is 1. The van der Waals surface area contributed by atoms with Crippen LogP contribution in [0.2, 0.25) is 0 Å². The number of ether oxygens (including phenoxy) is 1. The van der Waals surface area contributed by atoms with Gasteiger partial charge in [0.1, 0.15) is 5.75 Å². The Hall–Kier alpha value is -1.97. The molecule has 0 fully saturated rings. The average Bonchev–Trinajstić information content (AvgIpc) is 2.87. The molecular weight excluding hydrogens is 226 g/mol. The Kier molecular flexibility index (Phi) is 2.92. The topological polar surface area (TPSA) is 39.1 Å². The molecule has 0 saturated carbocycles. The number of hydrogen-bond donors (Lipinski definition) is 1. The van der Waals surface area contributed by atoms with Gasteiger partial charge in [0.25, 0.3) is 0 Å². The average molecular weight is 243 g/mol. The van der Waals surface area contributed by atoms with Crippen LogP contribution in [-0.2, 0) is 6.54 Å². The van der Waals surface area contributed by atoms with Crippen molar-refractivity contribution in [3.63, 3.8) is 0 Å². The molecule has 1 N–H and O–H groups in total. The van der Waals surface area contributed by atoms with E-state index in [0.29, 0.717) is 6.61 Å². The standard InChI is InChI=1S/C14H17N3O/c1-2-18-13-6-4-3-5-11(13)12-7-9-17-10-8-15-14(17)16-12/h3-6,8,10,12H,2,7,9H2,1H3,(H,15,16). The smallest absolute Gasteiger partial charge is 0.203 e. The van der Waals surface area contributed by atoms with Gasteiger partial charge in [0, 0.05) is 24.5 Å². The summed E-state index contributed by atoms with van der Waals surface area (Å²) < 4.78 is 7.83. The highest BCUT2D eigenvalue weighted by molar-refractivity contribution is 5.42. The molecule has 1 atom stereocenters. The molecule has 1 aromatic carbocycles. The summed E-state index contributed by atoms with van der Waals surface area (Å²) >= 11 is 0. The first kappa shape index (κ1) is 11.1. The van der Waals surface area contributed by atoms with Crippen LogP contribution in [0.4, 0.5) is 5.95 Å². The van der Waals surface area contributed by atoms with Crippen LogP contribution in [0.15, 0.2) is 36.7 Å². The van der Waals surface area contributed by atoms with E-state index in [1.807, 2.05) is 31.5 Å². The summed E-state index contributed by atoms with van der Waals surface area (Å²) in [7, 11) is 0. The van der Waals surface area contributed by atoms with Crippen molar-refractivity contribution in [1.29, 1.82) is 0 Å². The van der Waals surface area contributed by atoms with E-state index in [1.54, 1.807) is 0 Å². The van der Waals surface area contributed by atoms with Gasteiger partial charge in [-0.2, -0.15) is 0 Å². The summed E-state index contributed by atoms with van der Waals surface area (Å²) in [6.45, 7) is 3.70. The van der Waals surface area contributed by atoms with Crippen molar-refractivity contribution in [3.05, 3.63) is 42.2 Å². The molecule has 0 bridgehead atoms. The molecule has 1 aromatic heterocycles. The molecule has 94 valence electrons. The number of rotatable bonds is 3. The van der Waals surface area contributed by atoms with E-state index in [2.05, 4.69) is 27.0 Å². The molecule has 1 aliphatic rings. The van der Waals surface area contributed by atoms with Crippen molar-refractivity contribution in [2.45, 2.75) is 25.9 Å². The number of aryl methyl sites for hydroxylation is 1. The second-order valence-electron chi connectivity index (χ2n) is 4.40. The summed E-state index contributed by atoms with van der Waals surface area (Å²) in [4.78, 5) is 4.32. The Morgan fingerprint density at radius 1 is 1.44 bits per heavy atom. The number of benzene rings is 1. The Morgan fingerprint density at radius 2 is 2.33 bits per heavy atom. The normalized spacial score (nSPS) is 17.9. The maximum Gasteiger partial charge on any atom is 0.203 e. The van der Waals surface area contributed by atoms with Crippen molar-refractivity contribution in [1.82, 2.24) is 9.55 Å². The van der Waals surface area contributed by atoms with E-state index in [9.17, 15) is 0 Å². The molecule has 18 heavy (non-hydrogen) atoms. The van der Waals surface area contributed by atoms with E-state index in [4.69, 9.17) is 4.74 Å². The quantitative estimate of drug-likeness (QED) is 0.901. The molecule has 0 radical (unpaired) electrons. The lowest BCUT2D eigenvalue weighted by molar-refractivity contribution is 0.333. The highest BCUT2D eigenvalue weighted by Gasteiger charge is 2.21. The van der Waals surface area contributed by atoms with Crippen LogP contribution in [-0.4, -0.2) is 16.2 Å². The van der Waals surface area contributed by atoms with Gasteiger partial charge in [-0.15, -0.1) is 0 Å². The Bertz CT molecular complexity index is 535. The Morgan fingerprint density at radius 3 is 3.22 bits per heavy atom. The van der Waals surface area contributed by atoms with Gasteiger partial charge in [-0.3, -0.25) is 0 Å². The molecule has 0 spiro atoms. The summed E-state index contributed by atoms with van der Waals surface area (Å²) in [5.74, 6) is 1.91. The number of para-hydroxylation sites is 1. The molecule has 1 aliphatic heterocycles. The molecule has 0 aliphatic carbocycles. The van der Waals surface area contributed by atoms with Crippen molar-refractivity contribution in [2.24, 2.45) is 0 Å². The van der Waals surface area contributed by atoms with E-state index >= 15 is 0 Å². The minimum absolute atomic E-state index is 0.280. The van der Waals surface area contributed by atoms with Crippen LogP contribution in [0, 0.1) is 0 Å². The number of nitrogens with zero attached hydrogens (tertiary/aromatic N) is 2. The molecule has 2 heterocycles. The molecular formula is C14H17N3O. The first-order valence-corrected chi connectivity index (χ1v) is 6.38. The molecule has 2 aromatic rings. The zero-order valence-electron chi connectivity index (χ0n) is 10.5. The molecule has 0 amide bonds. The predicted molar refractivity (Wildman–Crippen MR) is 70.8 cm³/mol. The van der Waals surface area contributed by atoms with Crippen molar-refractivity contribution < 1.29 is 4.74 Å². The lowest BCUT2D eigenvalue weighted by atomic mass is 10.0. The molecule has 4 heteroatoms. The number of fused-ring (bicyclic) bond motifs is 1. The van der Waals surface area contributed by atoms with Crippen molar-refractivity contribution >= 4 is 5.95 Å². The van der Waals surface area contributed by atoms with Crippen molar-refractivity contribution in [2.75, 3.05) is 11.9 Å². The van der Waals surface area contributed by atoms with Gasteiger partial charge in [0.15, 0.2) is 0 Å². The summed E-state index contributed by atoms with van der Waals surface area (Å²) in [6, 6.07) is 8.50. The van der Waals surface area contributed by atoms with E-state index in [-0.39, 0.29) is 6.04 Å². The van der Waals surface area contributed by atoms with E-state index in [0.717, 1.165) is 24.7 Å². The first-order chi connectivity index (χ1) is 8.88. The van der Waals surface area contributed by atoms with Gasteiger partial charge < -0.3 is 14.6 Å². The van der Waals surface area contributed by atoms with Crippen LogP contribution < -0.4 is 10.1 Å². The number of anilines is 1. The van der Waals surface area contributed by atoms with Crippen molar-refractivity contribution in [3.8, 4) is 5.75 Å². The van der Waals surface area contributed by atoms with Crippen LogP contribution in [0.3, 0.4) is 0 Å². The fourth-order valence-electron chi connectivity index (χ4n) is 2.41. The second-order valence-corrected chi connectivity index (χ2v) is 4.40. The van der Waals surface area contributed by atoms with Crippen LogP contribution in [0.25, 0.3) is 0 Å². The zero-order valence-corrected chi connectivity index (χ0v) is 10.5. The number of imidazole rings is 1. The van der Waals surface area contributed by atoms with Gasteiger partial charge in [0.2, 0.25) is 5.95 Å². The highest BCUT2D eigenvalue weighted by Crippen LogP contribution is 2.32. The predicted octanol–water partition coefficient (Wildman–Crippen LogP) is 2.84. The lowest BCUT2D eigenvalue weighted by Crippen LogP contribution is -2.22. The van der Waals surface area contributed by atoms with Crippen LogP contribution in [0.1, 0.15) is 24.9 Å². The second kappa shape index (κ2) is 4.72. The third-order valence-corrected chi connectivity index (χ3v) is 3.27. The zero-order chi connectivity index (χ0) is 12.4. The maximum absolute atomic E-state index is 5.69. The van der Waals surface area contributed by atoms with Gasteiger partial charge in [-0.1, -0.05) is 18.2 Å². The van der Waals surface area contributed by atoms with Crippen LogP contribution >= 0.6 is 0 Å².